The van der Waals surface area contributed by atoms with Gasteiger partial charge in [0.1, 0.15) is 18.0 Å². The summed E-state index contributed by atoms with van der Waals surface area (Å²) in [6.07, 6.45) is 5.94. The second kappa shape index (κ2) is 12.8. The van der Waals surface area contributed by atoms with Crippen LogP contribution in [0.4, 0.5) is 0 Å². The van der Waals surface area contributed by atoms with Gasteiger partial charge in [-0.3, -0.25) is 0 Å². The van der Waals surface area contributed by atoms with Gasteiger partial charge in [0.2, 0.25) is 0 Å². The van der Waals surface area contributed by atoms with Crippen molar-refractivity contribution in [1.29, 1.82) is 0 Å². The molecule has 1 aromatic carbocycles. The topological polar surface area (TPSA) is 74.5 Å². The first kappa shape index (κ1) is 25.4. The molecule has 0 saturated heterocycles. The zero-order valence-corrected chi connectivity index (χ0v) is 21.3. The Kier molecular flexibility index (Phi) is 10.5. The van der Waals surface area contributed by atoms with Gasteiger partial charge in [-0.2, -0.15) is 11.3 Å². The number of hydrogen-bond acceptors (Lipinski definition) is 4. The number of imidazole rings is 1. The standard InChI is InChI=1S/C23H31N5OS.HI/c1-3-24-22(27-18-23(2,29)20-11-15-30-17-20)26-16-21-25-12-14-28(21)13-7-10-19-8-5-4-6-9-19;/h4-6,8-9,11-12,14-15,17,29H,3,7,10,13,16,18H2,1-2H3,(H2,24,26,27);1H. The third kappa shape index (κ3) is 7.93. The summed E-state index contributed by atoms with van der Waals surface area (Å²) in [6, 6.07) is 12.5. The lowest BCUT2D eigenvalue weighted by Gasteiger charge is -2.24. The predicted octanol–water partition coefficient (Wildman–Crippen LogP) is 4.16. The Hall–Kier alpha value is -1.91. The zero-order chi connectivity index (χ0) is 21.2. The molecule has 1 atom stereocenters. The van der Waals surface area contributed by atoms with Crippen LogP contribution in [0.1, 0.15) is 37.2 Å². The highest BCUT2D eigenvalue weighted by atomic mass is 127. The normalized spacial score (nSPS) is 13.3. The molecule has 2 aromatic heterocycles. The zero-order valence-electron chi connectivity index (χ0n) is 18.1. The van der Waals surface area contributed by atoms with Crippen molar-refractivity contribution in [2.75, 3.05) is 13.1 Å². The summed E-state index contributed by atoms with van der Waals surface area (Å²) in [5.74, 6) is 1.61. The highest BCUT2D eigenvalue weighted by Gasteiger charge is 2.23. The number of aliphatic hydroxyl groups is 1. The Balaban J connectivity index is 0.00000341. The van der Waals surface area contributed by atoms with E-state index < -0.39 is 5.60 Å². The van der Waals surface area contributed by atoms with Crippen LogP contribution in [0.5, 0.6) is 0 Å². The number of aliphatic imine (C=N–C) groups is 1. The van der Waals surface area contributed by atoms with Crippen LogP contribution >= 0.6 is 35.3 Å². The average molecular weight is 554 g/mol. The number of guanidine groups is 1. The SMILES string of the molecule is CCNC(=NCc1nccn1CCCc1ccccc1)NCC(C)(O)c1ccsc1.I. The number of rotatable bonds is 10. The van der Waals surface area contributed by atoms with Crippen molar-refractivity contribution in [3.63, 3.8) is 0 Å². The molecule has 0 aliphatic rings. The first-order chi connectivity index (χ1) is 14.6. The van der Waals surface area contributed by atoms with Crippen LogP contribution in [0.2, 0.25) is 0 Å². The monoisotopic (exact) mass is 553 g/mol. The van der Waals surface area contributed by atoms with Gasteiger partial charge in [-0.15, -0.1) is 24.0 Å². The summed E-state index contributed by atoms with van der Waals surface area (Å²) in [7, 11) is 0. The van der Waals surface area contributed by atoms with Crippen molar-refractivity contribution < 1.29 is 5.11 Å². The van der Waals surface area contributed by atoms with Gasteiger partial charge in [0.15, 0.2) is 5.96 Å². The van der Waals surface area contributed by atoms with Crippen LogP contribution in [0.15, 0.2) is 64.5 Å². The molecule has 0 aliphatic heterocycles. The minimum Gasteiger partial charge on any atom is -0.384 e. The van der Waals surface area contributed by atoms with Crippen LogP contribution in [0.3, 0.4) is 0 Å². The third-order valence-electron chi connectivity index (χ3n) is 4.97. The molecule has 3 rings (SSSR count). The summed E-state index contributed by atoms with van der Waals surface area (Å²) in [6.45, 7) is 6.35. The van der Waals surface area contributed by atoms with Gasteiger partial charge in [0.05, 0.1) is 6.54 Å². The molecular formula is C23H32IN5OS. The molecule has 3 aromatic rings. The number of nitrogens with one attached hydrogen (secondary N) is 2. The maximum Gasteiger partial charge on any atom is 0.191 e. The number of hydrogen-bond donors (Lipinski definition) is 3. The van der Waals surface area contributed by atoms with Gasteiger partial charge in [0, 0.05) is 25.5 Å². The number of thiophene rings is 1. The molecule has 31 heavy (non-hydrogen) atoms. The van der Waals surface area contributed by atoms with Crippen LogP contribution in [0, 0.1) is 0 Å². The Morgan fingerprint density at radius 2 is 2.03 bits per heavy atom. The molecule has 0 amide bonds. The second-order valence-electron chi connectivity index (χ2n) is 7.46. The first-order valence-corrected chi connectivity index (χ1v) is 11.3. The molecule has 2 heterocycles. The molecular weight excluding hydrogens is 521 g/mol. The summed E-state index contributed by atoms with van der Waals surface area (Å²) < 4.78 is 2.16. The average Bonchev–Trinajstić information content (AvgIpc) is 3.44. The van der Waals surface area contributed by atoms with Gasteiger partial charge in [-0.25, -0.2) is 9.98 Å². The van der Waals surface area contributed by atoms with Gasteiger partial charge in [-0.1, -0.05) is 30.3 Å². The second-order valence-corrected chi connectivity index (χ2v) is 8.24. The molecule has 0 saturated carbocycles. The maximum absolute atomic E-state index is 10.7. The lowest BCUT2D eigenvalue weighted by Crippen LogP contribution is -2.44. The minimum absolute atomic E-state index is 0. The number of benzene rings is 1. The highest BCUT2D eigenvalue weighted by Crippen LogP contribution is 2.21. The van der Waals surface area contributed by atoms with E-state index in [0.717, 1.165) is 37.3 Å². The number of aromatic nitrogens is 2. The highest BCUT2D eigenvalue weighted by molar-refractivity contribution is 14.0. The quantitative estimate of drug-likeness (QED) is 0.200. The number of nitrogens with zero attached hydrogens (tertiary/aromatic N) is 3. The van der Waals surface area contributed by atoms with Crippen molar-refractivity contribution in [2.24, 2.45) is 4.99 Å². The molecule has 0 aliphatic carbocycles. The molecule has 8 heteroatoms. The van der Waals surface area contributed by atoms with Crippen molar-refractivity contribution in [3.05, 3.63) is 76.5 Å². The van der Waals surface area contributed by atoms with Crippen LogP contribution < -0.4 is 10.6 Å². The minimum atomic E-state index is -0.952. The van der Waals surface area contributed by atoms with E-state index >= 15 is 0 Å². The fourth-order valence-electron chi connectivity index (χ4n) is 3.21. The molecule has 0 radical (unpaired) electrons. The maximum atomic E-state index is 10.7. The third-order valence-corrected chi connectivity index (χ3v) is 5.66. The van der Waals surface area contributed by atoms with E-state index in [2.05, 4.69) is 49.4 Å². The van der Waals surface area contributed by atoms with Crippen molar-refractivity contribution in [1.82, 2.24) is 20.2 Å². The van der Waals surface area contributed by atoms with Crippen LogP contribution in [-0.4, -0.2) is 33.7 Å². The summed E-state index contributed by atoms with van der Waals surface area (Å²) >= 11 is 1.58. The summed E-state index contributed by atoms with van der Waals surface area (Å²) in [5, 5.41) is 21.2. The molecule has 0 fully saturated rings. The van der Waals surface area contributed by atoms with Crippen molar-refractivity contribution >= 4 is 41.3 Å². The Morgan fingerprint density at radius 1 is 1.23 bits per heavy atom. The number of halogens is 1. The molecule has 6 nitrogen and oxygen atoms in total. The first-order valence-electron chi connectivity index (χ1n) is 10.4. The Morgan fingerprint density at radius 3 is 2.74 bits per heavy atom. The van der Waals surface area contributed by atoms with Crippen molar-refractivity contribution in [2.45, 2.75) is 45.4 Å². The van der Waals surface area contributed by atoms with Crippen LogP contribution in [-0.2, 0) is 25.1 Å². The molecule has 168 valence electrons. The fraction of sp³-hybridized carbons (Fsp3) is 0.391. The number of aryl methyl sites for hydroxylation is 2. The van der Waals surface area contributed by atoms with E-state index in [0.29, 0.717) is 19.0 Å². The molecule has 1 unspecified atom stereocenters. The van der Waals surface area contributed by atoms with E-state index in [9.17, 15) is 5.11 Å². The Labute approximate surface area is 205 Å². The summed E-state index contributed by atoms with van der Waals surface area (Å²) in [5.41, 5.74) is 1.31. The van der Waals surface area contributed by atoms with Gasteiger partial charge >= 0.3 is 0 Å². The molecule has 0 spiro atoms. The summed E-state index contributed by atoms with van der Waals surface area (Å²) in [4.78, 5) is 9.15. The van der Waals surface area contributed by atoms with Gasteiger partial charge < -0.3 is 20.3 Å². The molecule has 0 bridgehead atoms. The Bertz CT molecular complexity index is 909. The lowest BCUT2D eigenvalue weighted by atomic mass is 9.99. The predicted molar refractivity (Wildman–Crippen MR) is 139 cm³/mol. The largest absolute Gasteiger partial charge is 0.384 e. The molecule has 3 N–H and O–H groups in total. The van der Waals surface area contributed by atoms with Crippen LogP contribution in [0.25, 0.3) is 0 Å². The van der Waals surface area contributed by atoms with E-state index in [4.69, 9.17) is 0 Å². The van der Waals surface area contributed by atoms with E-state index in [-0.39, 0.29) is 24.0 Å². The van der Waals surface area contributed by atoms with E-state index in [1.54, 1.807) is 11.3 Å². The smallest absolute Gasteiger partial charge is 0.191 e. The lowest BCUT2D eigenvalue weighted by molar-refractivity contribution is 0.0621. The van der Waals surface area contributed by atoms with Gasteiger partial charge in [0.25, 0.3) is 0 Å². The van der Waals surface area contributed by atoms with Crippen molar-refractivity contribution in [3.8, 4) is 0 Å². The fourth-order valence-corrected chi connectivity index (χ4v) is 4.00. The van der Waals surface area contributed by atoms with Gasteiger partial charge in [-0.05, 0) is 54.6 Å². The van der Waals surface area contributed by atoms with E-state index in [1.165, 1.54) is 5.56 Å². The van der Waals surface area contributed by atoms with E-state index in [1.807, 2.05) is 49.1 Å².